The SMILES string of the molecule is COCCNc1nc(CC(=O)[O-])cs1.[Na+]. The van der Waals surface area contributed by atoms with Crippen molar-refractivity contribution in [1.29, 1.82) is 0 Å². The number of aromatic nitrogens is 1. The van der Waals surface area contributed by atoms with Gasteiger partial charge < -0.3 is 20.0 Å². The third-order valence-electron chi connectivity index (χ3n) is 1.46. The molecule has 0 amide bonds. The fourth-order valence-corrected chi connectivity index (χ4v) is 1.62. The first kappa shape index (κ1) is 14.9. The van der Waals surface area contributed by atoms with Crippen LogP contribution in [-0.4, -0.2) is 31.2 Å². The second-order valence-electron chi connectivity index (χ2n) is 2.61. The maximum absolute atomic E-state index is 10.3. The number of nitrogens with one attached hydrogen (secondary N) is 1. The molecule has 0 spiro atoms. The summed E-state index contributed by atoms with van der Waals surface area (Å²) in [4.78, 5) is 14.3. The molecule has 0 atom stereocenters. The van der Waals surface area contributed by atoms with E-state index in [2.05, 4.69) is 10.3 Å². The van der Waals surface area contributed by atoms with Crippen molar-refractivity contribution in [3.8, 4) is 0 Å². The number of thiazole rings is 1. The van der Waals surface area contributed by atoms with E-state index in [9.17, 15) is 9.90 Å². The van der Waals surface area contributed by atoms with Crippen molar-refractivity contribution < 1.29 is 44.2 Å². The van der Waals surface area contributed by atoms with Gasteiger partial charge in [0.1, 0.15) is 0 Å². The van der Waals surface area contributed by atoms with Crippen LogP contribution < -0.4 is 40.0 Å². The van der Waals surface area contributed by atoms with E-state index in [0.29, 0.717) is 24.0 Å². The molecule has 0 unspecified atom stereocenters. The van der Waals surface area contributed by atoms with Crippen LogP contribution in [0.1, 0.15) is 5.69 Å². The number of carbonyl (C=O) groups is 1. The van der Waals surface area contributed by atoms with E-state index < -0.39 is 5.97 Å². The van der Waals surface area contributed by atoms with Crippen LogP contribution in [0.15, 0.2) is 5.38 Å². The van der Waals surface area contributed by atoms with E-state index in [0.717, 1.165) is 0 Å². The zero-order valence-electron chi connectivity index (χ0n) is 8.78. The third kappa shape index (κ3) is 6.11. The van der Waals surface area contributed by atoms with Crippen molar-refractivity contribution in [2.24, 2.45) is 0 Å². The molecule has 0 radical (unpaired) electrons. The number of anilines is 1. The zero-order chi connectivity index (χ0) is 10.4. The first-order valence-electron chi connectivity index (χ1n) is 4.09. The molecule has 0 saturated heterocycles. The summed E-state index contributed by atoms with van der Waals surface area (Å²) in [6.07, 6.45) is -0.136. The fourth-order valence-electron chi connectivity index (χ4n) is 0.877. The summed E-state index contributed by atoms with van der Waals surface area (Å²) < 4.78 is 4.85. The van der Waals surface area contributed by atoms with E-state index in [1.807, 2.05) is 0 Å². The number of carboxylic acid groups (broad SMARTS) is 1. The van der Waals surface area contributed by atoms with Crippen molar-refractivity contribution >= 4 is 22.4 Å². The Morgan fingerprint density at radius 1 is 1.73 bits per heavy atom. The minimum Gasteiger partial charge on any atom is -0.550 e. The van der Waals surface area contributed by atoms with E-state index in [4.69, 9.17) is 4.74 Å². The van der Waals surface area contributed by atoms with Crippen LogP contribution in [0, 0.1) is 0 Å². The molecule has 1 N–H and O–H groups in total. The summed E-state index contributed by atoms with van der Waals surface area (Å²) in [6, 6.07) is 0. The third-order valence-corrected chi connectivity index (χ3v) is 2.31. The molecule has 1 heterocycles. The first-order valence-corrected chi connectivity index (χ1v) is 4.97. The normalized spacial score (nSPS) is 9.40. The maximum Gasteiger partial charge on any atom is 1.00 e. The molecule has 7 heteroatoms. The minimum absolute atomic E-state index is 0. The Morgan fingerprint density at radius 3 is 3.07 bits per heavy atom. The topological polar surface area (TPSA) is 74.3 Å². The van der Waals surface area contributed by atoms with Gasteiger partial charge in [-0.1, -0.05) is 0 Å². The molecule has 78 valence electrons. The van der Waals surface area contributed by atoms with Crippen LogP contribution in [0.5, 0.6) is 0 Å². The van der Waals surface area contributed by atoms with Crippen LogP contribution in [0.3, 0.4) is 0 Å². The summed E-state index contributed by atoms with van der Waals surface area (Å²) >= 11 is 1.37. The molecular weight excluding hydrogens is 227 g/mol. The Hall–Kier alpha value is -0.140. The van der Waals surface area contributed by atoms with Crippen molar-refractivity contribution in [2.45, 2.75) is 6.42 Å². The Morgan fingerprint density at radius 2 is 2.47 bits per heavy atom. The van der Waals surface area contributed by atoms with Crippen molar-refractivity contribution in [3.05, 3.63) is 11.1 Å². The molecule has 0 saturated carbocycles. The number of hydrogen-bond donors (Lipinski definition) is 1. The average molecular weight is 238 g/mol. The van der Waals surface area contributed by atoms with Crippen LogP contribution in [0.25, 0.3) is 0 Å². The van der Waals surface area contributed by atoms with Gasteiger partial charge in [-0.3, -0.25) is 0 Å². The second kappa shape index (κ2) is 8.06. The van der Waals surface area contributed by atoms with Crippen LogP contribution in [0.2, 0.25) is 0 Å². The summed E-state index contributed by atoms with van der Waals surface area (Å²) in [6.45, 7) is 1.25. The second-order valence-corrected chi connectivity index (χ2v) is 3.47. The van der Waals surface area contributed by atoms with E-state index in [1.165, 1.54) is 11.3 Å². The molecule has 0 aromatic carbocycles. The number of carbonyl (C=O) groups excluding carboxylic acids is 1. The van der Waals surface area contributed by atoms with Gasteiger partial charge >= 0.3 is 29.6 Å². The van der Waals surface area contributed by atoms with Gasteiger partial charge in [0.2, 0.25) is 0 Å². The molecule has 15 heavy (non-hydrogen) atoms. The van der Waals surface area contributed by atoms with Crippen molar-refractivity contribution in [2.75, 3.05) is 25.6 Å². The molecule has 1 aromatic rings. The number of methoxy groups -OCH3 is 1. The van der Waals surface area contributed by atoms with Crippen LogP contribution in [0.4, 0.5) is 5.13 Å². The van der Waals surface area contributed by atoms with Gasteiger partial charge in [0.15, 0.2) is 5.13 Å². The monoisotopic (exact) mass is 238 g/mol. The van der Waals surface area contributed by atoms with Gasteiger partial charge in [-0.15, -0.1) is 11.3 Å². The van der Waals surface area contributed by atoms with Crippen molar-refractivity contribution in [1.82, 2.24) is 4.98 Å². The van der Waals surface area contributed by atoms with Crippen molar-refractivity contribution in [3.63, 3.8) is 0 Å². The summed E-state index contributed by atoms with van der Waals surface area (Å²) in [5.41, 5.74) is 0.523. The number of carboxylic acids is 1. The number of ether oxygens (including phenoxy) is 1. The predicted octanol–water partition coefficient (Wildman–Crippen LogP) is -3.50. The fraction of sp³-hybridized carbons (Fsp3) is 0.500. The van der Waals surface area contributed by atoms with Gasteiger partial charge in [-0.2, -0.15) is 0 Å². The Balaban J connectivity index is 0.00000196. The molecule has 0 bridgehead atoms. The van der Waals surface area contributed by atoms with E-state index in [-0.39, 0.29) is 36.0 Å². The van der Waals surface area contributed by atoms with Gasteiger partial charge in [-0.25, -0.2) is 4.98 Å². The number of nitrogens with zero attached hydrogens (tertiary/aromatic N) is 1. The van der Waals surface area contributed by atoms with E-state index >= 15 is 0 Å². The molecule has 0 aliphatic heterocycles. The maximum atomic E-state index is 10.3. The number of aliphatic carboxylic acids is 1. The molecule has 0 aliphatic rings. The first-order chi connectivity index (χ1) is 6.72. The molecule has 1 aromatic heterocycles. The molecule has 5 nitrogen and oxygen atoms in total. The van der Waals surface area contributed by atoms with Gasteiger partial charge in [0.25, 0.3) is 0 Å². The number of hydrogen-bond acceptors (Lipinski definition) is 6. The van der Waals surface area contributed by atoms with Crippen LogP contribution >= 0.6 is 11.3 Å². The number of rotatable bonds is 6. The van der Waals surface area contributed by atoms with Crippen LogP contribution in [-0.2, 0) is 16.0 Å². The van der Waals surface area contributed by atoms with Gasteiger partial charge in [0, 0.05) is 31.4 Å². The molecule has 0 aliphatic carbocycles. The Kier molecular flexibility index (Phi) is 7.99. The minimum atomic E-state index is -1.11. The zero-order valence-corrected chi connectivity index (χ0v) is 11.6. The quantitative estimate of drug-likeness (QED) is 0.411. The average Bonchev–Trinajstić information content (AvgIpc) is 2.52. The van der Waals surface area contributed by atoms with Gasteiger partial charge in [0.05, 0.1) is 12.3 Å². The standard InChI is InChI=1S/C8H12N2O3S.Na/c1-13-3-2-9-8-10-6(5-14-8)4-7(11)12;/h5H,2-4H2,1H3,(H,9,10)(H,11,12);/q;+1/p-1. The smallest absolute Gasteiger partial charge is 0.550 e. The predicted molar refractivity (Wildman–Crippen MR) is 51.2 cm³/mol. The molecular formula is C8H11N2NaO3S. The summed E-state index contributed by atoms with van der Waals surface area (Å²) in [7, 11) is 1.62. The Bertz CT molecular complexity index is 306. The van der Waals surface area contributed by atoms with E-state index in [1.54, 1.807) is 12.5 Å². The molecule has 1 rings (SSSR count). The largest absolute Gasteiger partial charge is 1.00 e. The summed E-state index contributed by atoms with van der Waals surface area (Å²) in [5.74, 6) is -1.11. The Labute approximate surface area is 114 Å². The summed E-state index contributed by atoms with van der Waals surface area (Å²) in [5, 5.41) is 15.7. The molecule has 0 fully saturated rings. The van der Waals surface area contributed by atoms with Gasteiger partial charge in [-0.05, 0) is 0 Å².